The van der Waals surface area contributed by atoms with Gasteiger partial charge >= 0.3 is 0 Å². The summed E-state index contributed by atoms with van der Waals surface area (Å²) in [5, 5.41) is 20.4. The molecule has 2 saturated carbocycles. The van der Waals surface area contributed by atoms with Crippen molar-refractivity contribution < 1.29 is 10.2 Å². The Morgan fingerprint density at radius 2 is 1.95 bits per heavy atom. The molecule has 2 heteroatoms. The molecule has 5 atom stereocenters. The van der Waals surface area contributed by atoms with Crippen molar-refractivity contribution in [3.63, 3.8) is 0 Å². The number of fused-ring (bicyclic) bond motifs is 5. The van der Waals surface area contributed by atoms with Crippen molar-refractivity contribution >= 4 is 0 Å². The number of aromatic hydroxyl groups is 1. The molecular formula is C19H26O2. The van der Waals surface area contributed by atoms with Gasteiger partial charge in [0.15, 0.2) is 0 Å². The molecule has 0 saturated heterocycles. The van der Waals surface area contributed by atoms with Crippen LogP contribution in [0.1, 0.15) is 61.6 Å². The van der Waals surface area contributed by atoms with Crippen LogP contribution >= 0.6 is 0 Å². The zero-order valence-electron chi connectivity index (χ0n) is 13.1. The molecule has 3 aliphatic rings. The van der Waals surface area contributed by atoms with Gasteiger partial charge in [-0.3, -0.25) is 0 Å². The van der Waals surface area contributed by atoms with E-state index in [2.05, 4.69) is 19.9 Å². The average molecular weight is 286 g/mol. The summed E-state index contributed by atoms with van der Waals surface area (Å²) in [7, 11) is 0. The van der Waals surface area contributed by atoms with Crippen LogP contribution in [-0.4, -0.2) is 16.3 Å². The molecule has 5 unspecified atom stereocenters. The number of aliphatic hydroxyl groups is 1. The smallest absolute Gasteiger partial charge is 0.118 e. The van der Waals surface area contributed by atoms with Gasteiger partial charge in [-0.1, -0.05) is 13.0 Å². The summed E-state index contributed by atoms with van der Waals surface area (Å²) < 4.78 is 0. The lowest BCUT2D eigenvalue weighted by atomic mass is 9.55. The number of benzene rings is 1. The predicted molar refractivity (Wildman–Crippen MR) is 83.5 cm³/mol. The minimum Gasteiger partial charge on any atom is -0.508 e. The Morgan fingerprint density at radius 1 is 1.14 bits per heavy atom. The first-order chi connectivity index (χ1) is 10.0. The molecule has 1 aromatic carbocycles. The van der Waals surface area contributed by atoms with Crippen LogP contribution < -0.4 is 0 Å². The highest BCUT2D eigenvalue weighted by Crippen LogP contribution is 2.61. The molecule has 4 rings (SSSR count). The van der Waals surface area contributed by atoms with Crippen molar-refractivity contribution in [2.45, 2.75) is 64.4 Å². The van der Waals surface area contributed by atoms with Crippen LogP contribution in [0.5, 0.6) is 5.75 Å². The highest BCUT2D eigenvalue weighted by Gasteiger charge is 2.54. The largest absolute Gasteiger partial charge is 0.508 e. The lowest BCUT2D eigenvalue weighted by Gasteiger charge is -2.50. The third kappa shape index (κ3) is 1.75. The van der Waals surface area contributed by atoms with E-state index in [-0.39, 0.29) is 11.5 Å². The Morgan fingerprint density at radius 3 is 2.76 bits per heavy atom. The van der Waals surface area contributed by atoms with Crippen LogP contribution in [-0.2, 0) is 6.42 Å². The van der Waals surface area contributed by atoms with Gasteiger partial charge in [0.1, 0.15) is 5.75 Å². The highest BCUT2D eigenvalue weighted by atomic mass is 16.3. The molecule has 0 bridgehead atoms. The van der Waals surface area contributed by atoms with Gasteiger partial charge < -0.3 is 10.2 Å². The second-order valence-corrected chi connectivity index (χ2v) is 7.83. The Hall–Kier alpha value is -1.02. The maximum Gasteiger partial charge on any atom is 0.118 e. The van der Waals surface area contributed by atoms with Crippen molar-refractivity contribution in [3.8, 4) is 5.75 Å². The van der Waals surface area contributed by atoms with E-state index in [1.54, 1.807) is 0 Å². The summed E-state index contributed by atoms with van der Waals surface area (Å²) in [4.78, 5) is 0. The highest BCUT2D eigenvalue weighted by molar-refractivity contribution is 5.47. The maximum atomic E-state index is 10.4. The van der Waals surface area contributed by atoms with Gasteiger partial charge in [0.25, 0.3) is 0 Å². The van der Waals surface area contributed by atoms with E-state index < -0.39 is 0 Å². The second-order valence-electron chi connectivity index (χ2n) is 7.83. The van der Waals surface area contributed by atoms with E-state index >= 15 is 0 Å². The molecule has 0 radical (unpaired) electrons. The van der Waals surface area contributed by atoms with Crippen LogP contribution in [0.25, 0.3) is 0 Å². The molecule has 2 N–H and O–H groups in total. The average Bonchev–Trinajstić information content (AvgIpc) is 2.78. The molecule has 0 aliphatic heterocycles. The standard InChI is InChI=1S/C19H26O2/c1-11-12-3-4-15-14(13(12)5-7-17(11)20)9-10-19(2)16(15)6-8-18(19)21/h5,7,14-16,18,20-21H,3-4,6,8-10H2,1-2H3. The monoisotopic (exact) mass is 286 g/mol. The fourth-order valence-electron chi connectivity index (χ4n) is 5.80. The molecule has 2 nitrogen and oxygen atoms in total. The van der Waals surface area contributed by atoms with Gasteiger partial charge in [-0.2, -0.15) is 0 Å². The van der Waals surface area contributed by atoms with E-state index in [0.29, 0.717) is 17.6 Å². The quantitative estimate of drug-likeness (QED) is 0.759. The van der Waals surface area contributed by atoms with Crippen LogP contribution in [0, 0.1) is 24.2 Å². The van der Waals surface area contributed by atoms with Crippen LogP contribution in [0.15, 0.2) is 12.1 Å². The second kappa shape index (κ2) is 4.49. The molecule has 1 aromatic rings. The topological polar surface area (TPSA) is 40.5 Å². The molecule has 0 heterocycles. The minimum absolute atomic E-state index is 0.0913. The Labute approximate surface area is 127 Å². The van der Waals surface area contributed by atoms with Gasteiger partial charge in [0, 0.05) is 0 Å². The van der Waals surface area contributed by atoms with Crippen molar-refractivity contribution in [2.24, 2.45) is 17.3 Å². The lowest BCUT2D eigenvalue weighted by Crippen LogP contribution is -2.44. The third-order valence-corrected chi connectivity index (χ3v) is 7.12. The summed E-state index contributed by atoms with van der Waals surface area (Å²) in [5.41, 5.74) is 4.14. The number of phenols is 1. The first-order valence-electron chi connectivity index (χ1n) is 8.52. The van der Waals surface area contributed by atoms with E-state index in [4.69, 9.17) is 0 Å². The predicted octanol–water partition coefficient (Wildman–Crippen LogP) is 3.92. The molecule has 0 spiro atoms. The van der Waals surface area contributed by atoms with Crippen LogP contribution in [0.4, 0.5) is 0 Å². The summed E-state index contributed by atoms with van der Waals surface area (Å²) in [6.07, 6.45) is 6.78. The molecule has 3 aliphatic carbocycles. The number of phenolic OH excluding ortho intramolecular Hbond substituents is 1. The van der Waals surface area contributed by atoms with E-state index in [1.165, 1.54) is 30.4 Å². The SMILES string of the molecule is Cc1c(O)ccc2c1CCC1C2CCC2(C)C(O)CCC12. The van der Waals surface area contributed by atoms with E-state index in [0.717, 1.165) is 30.7 Å². The van der Waals surface area contributed by atoms with Gasteiger partial charge in [0.2, 0.25) is 0 Å². The molecule has 2 fully saturated rings. The van der Waals surface area contributed by atoms with Crippen LogP contribution in [0.2, 0.25) is 0 Å². The van der Waals surface area contributed by atoms with E-state index in [9.17, 15) is 10.2 Å². The van der Waals surface area contributed by atoms with Gasteiger partial charge in [-0.25, -0.2) is 0 Å². The Kier molecular flexibility index (Phi) is 2.91. The van der Waals surface area contributed by atoms with Crippen molar-refractivity contribution in [1.29, 1.82) is 0 Å². The van der Waals surface area contributed by atoms with Crippen molar-refractivity contribution in [1.82, 2.24) is 0 Å². The van der Waals surface area contributed by atoms with Gasteiger partial charge in [0.05, 0.1) is 6.10 Å². The van der Waals surface area contributed by atoms with Crippen molar-refractivity contribution in [3.05, 3.63) is 28.8 Å². The van der Waals surface area contributed by atoms with Gasteiger partial charge in [-0.15, -0.1) is 0 Å². The zero-order chi connectivity index (χ0) is 14.8. The van der Waals surface area contributed by atoms with Crippen molar-refractivity contribution in [2.75, 3.05) is 0 Å². The first kappa shape index (κ1) is 13.6. The number of hydrogen-bond acceptors (Lipinski definition) is 2. The summed E-state index contributed by atoms with van der Waals surface area (Å²) >= 11 is 0. The fraction of sp³-hybridized carbons (Fsp3) is 0.684. The van der Waals surface area contributed by atoms with E-state index in [1.807, 2.05) is 6.07 Å². The minimum atomic E-state index is -0.0913. The van der Waals surface area contributed by atoms with Gasteiger partial charge in [-0.05, 0) is 91.4 Å². The first-order valence-corrected chi connectivity index (χ1v) is 8.52. The number of rotatable bonds is 0. The normalized spacial score (nSPS) is 41.3. The maximum absolute atomic E-state index is 10.4. The summed E-state index contributed by atoms with van der Waals surface area (Å²) in [5.74, 6) is 2.52. The third-order valence-electron chi connectivity index (χ3n) is 7.12. The Bertz CT molecular complexity index is 579. The number of aliphatic hydroxyl groups excluding tert-OH is 1. The number of hydrogen-bond donors (Lipinski definition) is 2. The fourth-order valence-corrected chi connectivity index (χ4v) is 5.80. The summed E-state index contributed by atoms with van der Waals surface area (Å²) in [6.45, 7) is 4.38. The lowest BCUT2D eigenvalue weighted by molar-refractivity contribution is -0.0226. The molecule has 0 amide bonds. The van der Waals surface area contributed by atoms with Crippen LogP contribution in [0.3, 0.4) is 0 Å². The summed E-state index contributed by atoms with van der Waals surface area (Å²) in [6, 6.07) is 4.05. The zero-order valence-corrected chi connectivity index (χ0v) is 13.1. The molecule has 114 valence electrons. The molecular weight excluding hydrogens is 260 g/mol. The molecule has 21 heavy (non-hydrogen) atoms. The molecule has 0 aromatic heterocycles. The Balaban J connectivity index is 1.74.